The number of carbonyl (C=O) groups excluding carboxylic acids is 1. The minimum absolute atomic E-state index is 0.0141. The number of halogens is 2. The number of thiocarbonyl (C=S) groups is 1. The highest BCUT2D eigenvalue weighted by Crippen LogP contribution is 2.19. The van der Waals surface area contributed by atoms with Gasteiger partial charge in [0.2, 0.25) is 0 Å². The molecule has 0 aliphatic carbocycles. The Bertz CT molecular complexity index is 467. The second kappa shape index (κ2) is 7.40. The summed E-state index contributed by atoms with van der Waals surface area (Å²) in [4.78, 5) is 12.6. The van der Waals surface area contributed by atoms with Crippen LogP contribution in [0.15, 0.2) is 22.7 Å². The molecule has 0 radical (unpaired) electrons. The number of carbonyl (C=O) groups is 1. The van der Waals surface area contributed by atoms with E-state index in [1.165, 1.54) is 0 Å². The Labute approximate surface area is 134 Å². The van der Waals surface area contributed by atoms with Crippen LogP contribution in [0.1, 0.15) is 30.1 Å². The Morgan fingerprint density at radius 2 is 2.28 bits per heavy atom. The number of hydrogen-bond donors (Lipinski definition) is 2. The molecule has 0 aliphatic rings. The fraction of sp³-hybridized carbons (Fsp3) is 0.333. The second-order valence-corrected chi connectivity index (χ2v) is 6.50. The van der Waals surface area contributed by atoms with Gasteiger partial charge in [-0.25, -0.2) is 0 Å². The van der Waals surface area contributed by atoms with Gasteiger partial charge in [-0.15, -0.1) is 0 Å². The summed E-state index contributed by atoms with van der Waals surface area (Å²) < 4.78 is 1.80. The van der Waals surface area contributed by atoms with Crippen LogP contribution in [0.5, 0.6) is 0 Å². The van der Waals surface area contributed by atoms with Gasteiger partial charge in [-0.05, 0) is 63.1 Å². The van der Waals surface area contributed by atoms with Crippen LogP contribution in [0.2, 0.25) is 0 Å². The number of benzene rings is 1. The normalized spacial score (nSPS) is 11.9. The maximum absolute atomic E-state index is 12.1. The van der Waals surface area contributed by atoms with E-state index >= 15 is 0 Å². The first kappa shape index (κ1) is 15.8. The lowest BCUT2D eigenvalue weighted by molar-refractivity contribution is 0.0936. The molecule has 0 aromatic heterocycles. The lowest BCUT2D eigenvalue weighted by Gasteiger charge is -2.16. The minimum Gasteiger partial charge on any atom is -0.393 e. The Morgan fingerprint density at radius 3 is 2.83 bits per heavy atom. The van der Waals surface area contributed by atoms with E-state index in [0.29, 0.717) is 17.0 Å². The lowest BCUT2D eigenvalue weighted by Crippen LogP contribution is -2.37. The molecule has 18 heavy (non-hydrogen) atoms. The molecule has 6 heteroatoms. The fourth-order valence-electron chi connectivity index (χ4n) is 1.47. The van der Waals surface area contributed by atoms with Crippen molar-refractivity contribution in [2.45, 2.75) is 25.8 Å². The average Bonchev–Trinajstić information content (AvgIpc) is 2.30. The van der Waals surface area contributed by atoms with Crippen LogP contribution >= 0.6 is 50.7 Å². The third-order valence-electron chi connectivity index (χ3n) is 2.45. The summed E-state index contributed by atoms with van der Waals surface area (Å²) >= 11 is 10.4. The van der Waals surface area contributed by atoms with E-state index in [1.54, 1.807) is 0 Å². The first-order valence-corrected chi connectivity index (χ1v) is 7.76. The van der Waals surface area contributed by atoms with Gasteiger partial charge in [0.25, 0.3) is 5.91 Å². The Kier molecular flexibility index (Phi) is 6.51. The Balaban J connectivity index is 2.80. The fourth-order valence-corrected chi connectivity index (χ4v) is 2.59. The molecule has 3 N–H and O–H groups in total. The largest absolute Gasteiger partial charge is 0.393 e. The van der Waals surface area contributed by atoms with Crippen molar-refractivity contribution in [3.63, 3.8) is 0 Å². The topological polar surface area (TPSA) is 55.1 Å². The Hall–Kier alpha value is -0.210. The molecule has 1 atom stereocenters. The number of hydrogen-bond acceptors (Lipinski definition) is 2. The van der Waals surface area contributed by atoms with Crippen LogP contribution in [-0.2, 0) is 0 Å². The molecule has 0 spiro atoms. The molecular formula is C12H14BrIN2OS. The molecule has 1 amide bonds. The van der Waals surface area contributed by atoms with Gasteiger partial charge in [-0.1, -0.05) is 19.1 Å². The predicted molar refractivity (Wildman–Crippen MR) is 89.8 cm³/mol. The molecule has 3 nitrogen and oxygen atoms in total. The summed E-state index contributed by atoms with van der Waals surface area (Å²) in [5, 5.41) is 2.94. The van der Waals surface area contributed by atoms with Gasteiger partial charge in [0.1, 0.15) is 0 Å². The van der Waals surface area contributed by atoms with Gasteiger partial charge in [0.15, 0.2) is 0 Å². The van der Waals surface area contributed by atoms with Gasteiger partial charge in [-0.3, -0.25) is 4.79 Å². The first-order chi connectivity index (χ1) is 8.43. The van der Waals surface area contributed by atoms with Crippen molar-refractivity contribution >= 4 is 61.6 Å². The molecule has 1 rings (SSSR count). The highest BCUT2D eigenvalue weighted by Gasteiger charge is 2.15. The van der Waals surface area contributed by atoms with Gasteiger partial charge in [0.05, 0.1) is 10.6 Å². The average molecular weight is 441 g/mol. The molecule has 0 saturated heterocycles. The summed E-state index contributed by atoms with van der Waals surface area (Å²) in [5.74, 6) is -0.108. The van der Waals surface area contributed by atoms with Crippen molar-refractivity contribution < 1.29 is 4.79 Å². The summed E-state index contributed by atoms with van der Waals surface area (Å²) in [6, 6.07) is 5.63. The molecule has 0 aliphatic heterocycles. The third-order valence-corrected chi connectivity index (χ3v) is 3.98. The van der Waals surface area contributed by atoms with Crippen LogP contribution < -0.4 is 11.1 Å². The molecule has 1 aromatic rings. The zero-order valence-corrected chi connectivity index (χ0v) is 14.4. The van der Waals surface area contributed by atoms with Gasteiger partial charge in [0, 0.05) is 20.5 Å². The maximum atomic E-state index is 12.1. The van der Waals surface area contributed by atoms with E-state index in [2.05, 4.69) is 43.8 Å². The van der Waals surface area contributed by atoms with Crippen LogP contribution in [0.3, 0.4) is 0 Å². The zero-order valence-electron chi connectivity index (χ0n) is 9.87. The summed E-state index contributed by atoms with van der Waals surface area (Å²) in [6.07, 6.45) is 1.32. The highest BCUT2D eigenvalue weighted by molar-refractivity contribution is 14.1. The SMILES string of the molecule is CCC(CC(N)=S)NC(=O)c1cc(I)ccc1Br. The Morgan fingerprint density at radius 1 is 1.61 bits per heavy atom. The van der Waals surface area contributed by atoms with Crippen molar-refractivity contribution in [2.24, 2.45) is 5.73 Å². The summed E-state index contributed by atoms with van der Waals surface area (Å²) in [6.45, 7) is 1.99. The van der Waals surface area contributed by atoms with Crippen molar-refractivity contribution in [1.82, 2.24) is 5.32 Å². The second-order valence-electron chi connectivity index (χ2n) is 3.87. The maximum Gasteiger partial charge on any atom is 0.252 e. The first-order valence-electron chi connectivity index (χ1n) is 5.48. The quantitative estimate of drug-likeness (QED) is 0.545. The zero-order chi connectivity index (χ0) is 13.7. The van der Waals surface area contributed by atoms with E-state index in [1.807, 2.05) is 25.1 Å². The number of nitrogens with one attached hydrogen (secondary N) is 1. The number of amides is 1. The van der Waals surface area contributed by atoms with Gasteiger partial charge in [-0.2, -0.15) is 0 Å². The van der Waals surface area contributed by atoms with Crippen molar-refractivity contribution in [1.29, 1.82) is 0 Å². The predicted octanol–water partition coefficient (Wildman–Crippen LogP) is 3.24. The van der Waals surface area contributed by atoms with Crippen molar-refractivity contribution in [2.75, 3.05) is 0 Å². The van der Waals surface area contributed by atoms with E-state index in [9.17, 15) is 4.79 Å². The highest BCUT2D eigenvalue weighted by atomic mass is 127. The van der Waals surface area contributed by atoms with Crippen LogP contribution in [0.4, 0.5) is 0 Å². The molecule has 1 aromatic carbocycles. The molecule has 0 bridgehead atoms. The van der Waals surface area contributed by atoms with Crippen molar-refractivity contribution in [3.8, 4) is 0 Å². The standard InChI is InChI=1S/C12H14BrIN2OS/c1-2-8(6-11(15)18)16-12(17)9-5-7(14)3-4-10(9)13/h3-5,8H,2,6H2,1H3,(H2,15,18)(H,16,17). The molecule has 1 unspecified atom stereocenters. The summed E-state index contributed by atoms with van der Waals surface area (Å²) in [7, 11) is 0. The monoisotopic (exact) mass is 440 g/mol. The van der Waals surface area contributed by atoms with E-state index in [-0.39, 0.29) is 11.9 Å². The lowest BCUT2D eigenvalue weighted by atomic mass is 10.1. The molecular weight excluding hydrogens is 427 g/mol. The third kappa shape index (κ3) is 4.81. The van der Waals surface area contributed by atoms with E-state index in [4.69, 9.17) is 18.0 Å². The van der Waals surface area contributed by atoms with E-state index in [0.717, 1.165) is 14.5 Å². The molecule has 98 valence electrons. The van der Waals surface area contributed by atoms with Crippen LogP contribution in [0, 0.1) is 3.57 Å². The number of nitrogens with two attached hydrogens (primary N) is 1. The van der Waals surface area contributed by atoms with Crippen LogP contribution in [0.25, 0.3) is 0 Å². The summed E-state index contributed by atoms with van der Waals surface area (Å²) in [5.41, 5.74) is 6.14. The molecule has 0 heterocycles. The van der Waals surface area contributed by atoms with Gasteiger partial charge < -0.3 is 11.1 Å². The van der Waals surface area contributed by atoms with E-state index < -0.39 is 0 Å². The van der Waals surface area contributed by atoms with Crippen molar-refractivity contribution in [3.05, 3.63) is 31.8 Å². The van der Waals surface area contributed by atoms with Gasteiger partial charge >= 0.3 is 0 Å². The minimum atomic E-state index is -0.108. The molecule has 0 saturated carbocycles. The molecule has 0 fully saturated rings. The van der Waals surface area contributed by atoms with Crippen LogP contribution in [-0.4, -0.2) is 16.9 Å². The smallest absolute Gasteiger partial charge is 0.252 e. The number of rotatable bonds is 5.